The van der Waals surface area contributed by atoms with Crippen molar-refractivity contribution in [2.45, 2.75) is 32.4 Å². The maximum Gasteiger partial charge on any atom is 0.239 e. The van der Waals surface area contributed by atoms with Gasteiger partial charge < -0.3 is 15.8 Å². The zero-order valence-corrected chi connectivity index (χ0v) is 16.5. The highest BCUT2D eigenvalue weighted by Crippen LogP contribution is 2.21. The molecule has 0 aliphatic carbocycles. The highest BCUT2D eigenvalue weighted by molar-refractivity contribution is 14.1. The number of amides is 2. The van der Waals surface area contributed by atoms with Crippen molar-refractivity contribution in [2.75, 3.05) is 0 Å². The number of benzene rings is 2. The lowest BCUT2D eigenvalue weighted by molar-refractivity contribution is -0.127. The van der Waals surface area contributed by atoms with Crippen molar-refractivity contribution in [3.05, 3.63) is 63.0 Å². The monoisotopic (exact) mass is 470 g/mol. The van der Waals surface area contributed by atoms with E-state index in [1.165, 1.54) is 12.1 Å². The second-order valence-electron chi connectivity index (χ2n) is 5.78. The van der Waals surface area contributed by atoms with Crippen LogP contribution in [0.5, 0.6) is 5.75 Å². The van der Waals surface area contributed by atoms with E-state index in [9.17, 15) is 14.0 Å². The van der Waals surface area contributed by atoms with E-state index in [0.29, 0.717) is 18.8 Å². The van der Waals surface area contributed by atoms with Gasteiger partial charge in [0.05, 0.1) is 6.42 Å². The Hall–Kier alpha value is -2.16. The Morgan fingerprint density at radius 2 is 1.92 bits per heavy atom. The molecule has 5 nitrogen and oxygen atoms in total. The SMILES string of the molecule is CC[C@H](NC(=O)Cc1cc(OCc2ccc(F)cc2)ccc1I)C(N)=O. The van der Waals surface area contributed by atoms with Crippen LogP contribution in [0.15, 0.2) is 42.5 Å². The highest BCUT2D eigenvalue weighted by Gasteiger charge is 2.16. The van der Waals surface area contributed by atoms with E-state index >= 15 is 0 Å². The summed E-state index contributed by atoms with van der Waals surface area (Å²) in [5, 5.41) is 2.63. The first-order chi connectivity index (χ1) is 12.4. The van der Waals surface area contributed by atoms with Gasteiger partial charge in [0.15, 0.2) is 0 Å². The van der Waals surface area contributed by atoms with Crippen LogP contribution in [0.1, 0.15) is 24.5 Å². The van der Waals surface area contributed by atoms with Gasteiger partial charge in [0.2, 0.25) is 11.8 Å². The summed E-state index contributed by atoms with van der Waals surface area (Å²) in [4.78, 5) is 23.4. The van der Waals surface area contributed by atoms with E-state index in [-0.39, 0.29) is 18.1 Å². The highest BCUT2D eigenvalue weighted by atomic mass is 127. The molecular formula is C19H20FIN2O3. The maximum absolute atomic E-state index is 12.9. The van der Waals surface area contributed by atoms with Crippen molar-refractivity contribution in [1.82, 2.24) is 5.32 Å². The molecule has 0 heterocycles. The summed E-state index contributed by atoms with van der Waals surface area (Å²) in [7, 11) is 0. The second-order valence-corrected chi connectivity index (χ2v) is 6.94. The second kappa shape index (κ2) is 9.51. The molecule has 0 saturated carbocycles. The quantitative estimate of drug-likeness (QED) is 0.583. The summed E-state index contributed by atoms with van der Waals surface area (Å²) in [5.41, 5.74) is 6.88. The Kier molecular flexibility index (Phi) is 7.38. The van der Waals surface area contributed by atoms with Gasteiger partial charge in [-0.3, -0.25) is 9.59 Å². The Morgan fingerprint density at radius 1 is 1.23 bits per heavy atom. The molecule has 0 unspecified atom stereocenters. The lowest BCUT2D eigenvalue weighted by Crippen LogP contribution is -2.44. The normalized spacial score (nSPS) is 11.7. The summed E-state index contributed by atoms with van der Waals surface area (Å²) >= 11 is 2.14. The number of hydrogen-bond acceptors (Lipinski definition) is 3. The van der Waals surface area contributed by atoms with Gasteiger partial charge in [0.25, 0.3) is 0 Å². The van der Waals surface area contributed by atoms with Crippen molar-refractivity contribution in [2.24, 2.45) is 5.73 Å². The predicted octanol–water partition coefficient (Wildman–Crippen LogP) is 2.93. The van der Waals surface area contributed by atoms with E-state index in [1.54, 1.807) is 25.1 Å². The molecular weight excluding hydrogens is 450 g/mol. The molecule has 2 aromatic rings. The van der Waals surface area contributed by atoms with Gasteiger partial charge in [-0.25, -0.2) is 4.39 Å². The number of halogens is 2. The van der Waals surface area contributed by atoms with Gasteiger partial charge in [0.1, 0.15) is 24.2 Å². The standard InChI is InChI=1S/C19H20FIN2O3/c1-2-17(19(22)25)23-18(24)10-13-9-15(7-8-16(13)21)26-11-12-3-5-14(20)6-4-12/h3-9,17H,2,10-11H2,1H3,(H2,22,25)(H,23,24)/t17-/m0/s1. The summed E-state index contributed by atoms with van der Waals surface area (Å²) in [5.74, 6) is -0.506. The molecule has 2 rings (SSSR count). The number of nitrogens with one attached hydrogen (secondary N) is 1. The van der Waals surface area contributed by atoms with Crippen LogP contribution < -0.4 is 15.8 Å². The van der Waals surface area contributed by atoms with Crippen LogP contribution >= 0.6 is 22.6 Å². The smallest absolute Gasteiger partial charge is 0.239 e. The lowest BCUT2D eigenvalue weighted by atomic mass is 10.1. The molecule has 0 saturated heterocycles. The van der Waals surface area contributed by atoms with Crippen molar-refractivity contribution < 1.29 is 18.7 Å². The van der Waals surface area contributed by atoms with Gasteiger partial charge in [-0.15, -0.1) is 0 Å². The van der Waals surface area contributed by atoms with Crippen LogP contribution in [0.2, 0.25) is 0 Å². The lowest BCUT2D eigenvalue weighted by Gasteiger charge is -2.14. The third kappa shape index (κ3) is 5.98. The number of carbonyl (C=O) groups excluding carboxylic acids is 2. The summed E-state index contributed by atoms with van der Waals surface area (Å²) in [6.45, 7) is 2.08. The average molecular weight is 470 g/mol. The van der Waals surface area contributed by atoms with Gasteiger partial charge in [-0.1, -0.05) is 19.1 Å². The predicted molar refractivity (Wildman–Crippen MR) is 105 cm³/mol. The molecule has 2 amide bonds. The molecule has 1 atom stereocenters. The Labute approximate surface area is 165 Å². The number of nitrogens with two attached hydrogens (primary N) is 1. The Morgan fingerprint density at radius 3 is 2.54 bits per heavy atom. The van der Waals surface area contributed by atoms with Crippen molar-refractivity contribution >= 4 is 34.4 Å². The van der Waals surface area contributed by atoms with Gasteiger partial charge >= 0.3 is 0 Å². The van der Waals surface area contributed by atoms with Crippen LogP contribution in [0.3, 0.4) is 0 Å². The van der Waals surface area contributed by atoms with Crippen molar-refractivity contribution in [1.29, 1.82) is 0 Å². The van der Waals surface area contributed by atoms with Crippen LogP contribution in [0.4, 0.5) is 4.39 Å². The molecule has 0 spiro atoms. The largest absolute Gasteiger partial charge is 0.489 e. The summed E-state index contributed by atoms with van der Waals surface area (Å²) in [6, 6.07) is 10.9. The average Bonchev–Trinajstić information content (AvgIpc) is 2.61. The zero-order chi connectivity index (χ0) is 19.1. The van der Waals surface area contributed by atoms with Crippen molar-refractivity contribution in [3.8, 4) is 5.75 Å². The maximum atomic E-state index is 12.9. The summed E-state index contributed by atoms with van der Waals surface area (Å²) in [6.07, 6.45) is 0.564. The van der Waals surface area contributed by atoms with Crippen LogP contribution in [0.25, 0.3) is 0 Å². The molecule has 0 aliphatic rings. The fourth-order valence-electron chi connectivity index (χ4n) is 2.32. The molecule has 0 fully saturated rings. The Bertz CT molecular complexity index is 781. The molecule has 0 aromatic heterocycles. The zero-order valence-electron chi connectivity index (χ0n) is 14.3. The third-order valence-corrected chi connectivity index (χ3v) is 4.83. The molecule has 0 bridgehead atoms. The van der Waals surface area contributed by atoms with Crippen LogP contribution in [0, 0.1) is 9.39 Å². The van der Waals surface area contributed by atoms with Crippen LogP contribution in [-0.2, 0) is 22.6 Å². The van der Waals surface area contributed by atoms with Gasteiger partial charge in [0, 0.05) is 3.57 Å². The molecule has 138 valence electrons. The fraction of sp³-hybridized carbons (Fsp3) is 0.263. The van der Waals surface area contributed by atoms with E-state index < -0.39 is 11.9 Å². The minimum Gasteiger partial charge on any atom is -0.489 e. The molecule has 2 aromatic carbocycles. The van der Waals surface area contributed by atoms with Crippen LogP contribution in [-0.4, -0.2) is 17.9 Å². The Balaban J connectivity index is 2.00. The van der Waals surface area contributed by atoms with E-state index in [2.05, 4.69) is 27.9 Å². The minimum atomic E-state index is -0.668. The number of ether oxygens (including phenoxy) is 1. The summed E-state index contributed by atoms with van der Waals surface area (Å²) < 4.78 is 19.6. The molecule has 0 aliphatic heterocycles. The molecule has 3 N–H and O–H groups in total. The van der Waals surface area contributed by atoms with Crippen molar-refractivity contribution in [3.63, 3.8) is 0 Å². The minimum absolute atomic E-state index is 0.121. The van der Waals surface area contributed by atoms with Gasteiger partial charge in [-0.05, 0) is 70.5 Å². The number of rotatable bonds is 8. The fourth-order valence-corrected chi connectivity index (χ4v) is 2.84. The van der Waals surface area contributed by atoms with E-state index in [1.807, 2.05) is 12.1 Å². The van der Waals surface area contributed by atoms with E-state index in [4.69, 9.17) is 10.5 Å². The topological polar surface area (TPSA) is 81.4 Å². The molecule has 7 heteroatoms. The molecule has 26 heavy (non-hydrogen) atoms. The third-order valence-electron chi connectivity index (χ3n) is 3.77. The molecule has 0 radical (unpaired) electrons. The number of carbonyl (C=O) groups is 2. The number of hydrogen-bond donors (Lipinski definition) is 2. The first-order valence-corrected chi connectivity index (χ1v) is 9.21. The number of primary amides is 1. The first-order valence-electron chi connectivity index (χ1n) is 8.13. The van der Waals surface area contributed by atoms with E-state index in [0.717, 1.165) is 14.7 Å². The van der Waals surface area contributed by atoms with Gasteiger partial charge in [-0.2, -0.15) is 0 Å². The first kappa shape index (κ1) is 20.2.